The van der Waals surface area contributed by atoms with E-state index in [1.165, 1.54) is 20.1 Å². The Bertz CT molecular complexity index is 1400. The van der Waals surface area contributed by atoms with Crippen LogP contribution in [0.1, 0.15) is 41.8 Å². The Hall–Kier alpha value is -3.67. The molecule has 0 saturated heterocycles. The predicted molar refractivity (Wildman–Crippen MR) is 161 cm³/mol. The van der Waals surface area contributed by atoms with E-state index >= 15 is 0 Å². The van der Waals surface area contributed by atoms with E-state index in [9.17, 15) is 19.5 Å². The van der Waals surface area contributed by atoms with Crippen LogP contribution in [0, 0.1) is 0 Å². The first-order valence-electron chi connectivity index (χ1n) is 12.2. The van der Waals surface area contributed by atoms with Crippen molar-refractivity contribution in [3.63, 3.8) is 0 Å². The number of nitrogens with two attached hydrogens (primary N) is 1. The summed E-state index contributed by atoms with van der Waals surface area (Å²) in [6.45, 7) is 1.45. The third-order valence-electron chi connectivity index (χ3n) is 5.88. The molecule has 9 nitrogen and oxygen atoms in total. The molecular formula is C29H29Br2N3O6. The molecule has 0 saturated carbocycles. The SMILES string of the molecule is CO[C@@H](CC/C=C/C(=O)Nc1ccccc1N)[C@@H](OC(=O)Nc1ccc(C(C)=O)cc1)c1cc(Br)cc(Br)c1O. The Kier molecular flexibility index (Phi) is 11.3. The maximum absolute atomic E-state index is 12.9. The summed E-state index contributed by atoms with van der Waals surface area (Å²) in [6.07, 6.45) is 1.33. The lowest BCUT2D eigenvalue weighted by Gasteiger charge is -2.27. The standard InChI is InChI=1S/C29H29Br2N3O6/c1-17(35)18-11-13-20(14-12-18)33-29(38)40-28(21-15-19(30)16-22(31)27(21)37)25(39-2)9-5-6-10-26(36)34-24-8-4-3-7-23(24)32/h3-4,6-8,10-16,25,28,37H,5,9,32H2,1-2H3,(H,33,38)(H,34,36)/b10-6+/t25-,28-/m0/s1. The van der Waals surface area contributed by atoms with E-state index in [0.29, 0.717) is 50.0 Å². The highest BCUT2D eigenvalue weighted by Crippen LogP contribution is 2.39. The number of phenols is 1. The average Bonchev–Trinajstić information content (AvgIpc) is 2.91. The van der Waals surface area contributed by atoms with Crippen molar-refractivity contribution in [2.45, 2.75) is 32.0 Å². The Balaban J connectivity index is 1.74. The minimum Gasteiger partial charge on any atom is -0.506 e. The van der Waals surface area contributed by atoms with Gasteiger partial charge in [0.2, 0.25) is 5.91 Å². The van der Waals surface area contributed by atoms with Gasteiger partial charge in [-0.05, 0) is 90.3 Å². The van der Waals surface area contributed by atoms with Crippen LogP contribution in [0.15, 0.2) is 81.8 Å². The van der Waals surface area contributed by atoms with Crippen molar-refractivity contribution >= 4 is 66.7 Å². The van der Waals surface area contributed by atoms with Crippen LogP contribution in [-0.4, -0.2) is 36.1 Å². The summed E-state index contributed by atoms with van der Waals surface area (Å²) in [6, 6.07) is 16.6. The number of hydrogen-bond acceptors (Lipinski definition) is 7. The molecule has 0 spiro atoms. The number of carbonyl (C=O) groups excluding carboxylic acids is 3. The molecule has 0 aliphatic rings. The topological polar surface area (TPSA) is 140 Å². The number of Topliss-reactive ketones (excluding diaryl/α,β-unsaturated/α-hetero) is 1. The van der Waals surface area contributed by atoms with Crippen molar-refractivity contribution in [1.29, 1.82) is 0 Å². The summed E-state index contributed by atoms with van der Waals surface area (Å²) in [5, 5.41) is 16.1. The number of aromatic hydroxyl groups is 1. The number of methoxy groups -OCH3 is 1. The van der Waals surface area contributed by atoms with E-state index in [0.717, 1.165) is 0 Å². The van der Waals surface area contributed by atoms with Gasteiger partial charge in [-0.3, -0.25) is 14.9 Å². The van der Waals surface area contributed by atoms with Crippen LogP contribution in [0.5, 0.6) is 5.75 Å². The number of halogens is 2. The van der Waals surface area contributed by atoms with Crippen molar-refractivity contribution < 1.29 is 29.0 Å². The number of ketones is 1. The van der Waals surface area contributed by atoms with Crippen molar-refractivity contribution in [2.75, 3.05) is 23.5 Å². The maximum Gasteiger partial charge on any atom is 0.412 e. The van der Waals surface area contributed by atoms with Crippen molar-refractivity contribution in [1.82, 2.24) is 0 Å². The second kappa shape index (κ2) is 14.6. The summed E-state index contributed by atoms with van der Waals surface area (Å²) >= 11 is 6.72. The van der Waals surface area contributed by atoms with Gasteiger partial charge in [0.05, 0.1) is 22.0 Å². The molecule has 0 radical (unpaired) electrons. The first-order valence-corrected chi connectivity index (χ1v) is 13.8. The number of ether oxygens (including phenoxy) is 2. The number of benzene rings is 3. The highest BCUT2D eigenvalue weighted by molar-refractivity contribution is 9.11. The highest BCUT2D eigenvalue weighted by atomic mass is 79.9. The first kappa shape index (κ1) is 30.9. The summed E-state index contributed by atoms with van der Waals surface area (Å²) in [5.74, 6) is -0.545. The van der Waals surface area contributed by atoms with E-state index in [-0.39, 0.29) is 17.4 Å². The van der Waals surface area contributed by atoms with Crippen LogP contribution >= 0.6 is 31.9 Å². The highest BCUT2D eigenvalue weighted by Gasteiger charge is 2.30. The quantitative estimate of drug-likeness (QED) is 0.0977. The second-order valence-electron chi connectivity index (χ2n) is 8.74. The van der Waals surface area contributed by atoms with Crippen molar-refractivity contribution in [3.8, 4) is 5.75 Å². The van der Waals surface area contributed by atoms with Gasteiger partial charge in [-0.2, -0.15) is 0 Å². The normalized spacial score (nSPS) is 12.5. The molecule has 0 bridgehead atoms. The zero-order chi connectivity index (χ0) is 29.2. The number of rotatable bonds is 11. The number of allylic oxidation sites excluding steroid dienone is 1. The average molecular weight is 675 g/mol. The molecule has 2 atom stereocenters. The molecule has 2 amide bonds. The molecule has 3 rings (SSSR count). The first-order chi connectivity index (χ1) is 19.1. The number of phenolic OH excluding ortho intramolecular Hbond substituents is 1. The number of nitrogen functional groups attached to an aromatic ring is 1. The minimum absolute atomic E-state index is 0.0939. The van der Waals surface area contributed by atoms with Gasteiger partial charge in [-0.1, -0.05) is 34.1 Å². The molecule has 40 heavy (non-hydrogen) atoms. The molecule has 5 N–H and O–H groups in total. The molecule has 0 aromatic heterocycles. The van der Waals surface area contributed by atoms with Crippen LogP contribution < -0.4 is 16.4 Å². The minimum atomic E-state index is -1.01. The monoisotopic (exact) mass is 673 g/mol. The molecule has 0 aliphatic heterocycles. The van der Waals surface area contributed by atoms with Crippen molar-refractivity contribution in [3.05, 3.63) is 92.9 Å². The van der Waals surface area contributed by atoms with Gasteiger partial charge in [0.25, 0.3) is 0 Å². The molecule has 0 aliphatic carbocycles. The number of amides is 2. The summed E-state index contributed by atoms with van der Waals surface area (Å²) in [5.41, 5.74) is 8.09. The van der Waals surface area contributed by atoms with Crippen LogP contribution in [0.4, 0.5) is 21.9 Å². The maximum atomic E-state index is 12.9. The number of nitrogens with one attached hydrogen (secondary N) is 2. The van der Waals surface area contributed by atoms with Gasteiger partial charge >= 0.3 is 6.09 Å². The lowest BCUT2D eigenvalue weighted by molar-refractivity contribution is -0.111. The van der Waals surface area contributed by atoms with Gasteiger partial charge in [0, 0.05) is 28.4 Å². The fraction of sp³-hybridized carbons (Fsp3) is 0.207. The number of carbonyl (C=O) groups is 3. The Morgan fingerprint density at radius 3 is 2.40 bits per heavy atom. The van der Waals surface area contributed by atoms with Gasteiger partial charge < -0.3 is 25.6 Å². The zero-order valence-corrected chi connectivity index (χ0v) is 25.0. The lowest BCUT2D eigenvalue weighted by atomic mass is 9.99. The molecule has 3 aromatic carbocycles. The molecular weight excluding hydrogens is 646 g/mol. The molecule has 0 heterocycles. The van der Waals surface area contributed by atoms with E-state index in [2.05, 4.69) is 42.5 Å². The molecule has 0 fully saturated rings. The zero-order valence-electron chi connectivity index (χ0n) is 21.8. The molecule has 0 unspecified atom stereocenters. The van der Waals surface area contributed by atoms with Gasteiger partial charge in [-0.25, -0.2) is 4.79 Å². The van der Waals surface area contributed by atoms with Crippen LogP contribution in [-0.2, 0) is 14.3 Å². The van der Waals surface area contributed by atoms with E-state index in [1.54, 1.807) is 66.7 Å². The predicted octanol–water partition coefficient (Wildman–Crippen LogP) is 6.98. The van der Waals surface area contributed by atoms with E-state index < -0.39 is 18.3 Å². The Labute approximate surface area is 249 Å². The smallest absolute Gasteiger partial charge is 0.412 e. The summed E-state index contributed by atoms with van der Waals surface area (Å²) < 4.78 is 12.5. The lowest BCUT2D eigenvalue weighted by Crippen LogP contribution is -2.28. The fourth-order valence-electron chi connectivity index (χ4n) is 3.82. The summed E-state index contributed by atoms with van der Waals surface area (Å²) in [4.78, 5) is 36.7. The van der Waals surface area contributed by atoms with E-state index in [4.69, 9.17) is 15.2 Å². The van der Waals surface area contributed by atoms with Crippen LogP contribution in [0.2, 0.25) is 0 Å². The van der Waals surface area contributed by atoms with Gasteiger partial charge in [-0.15, -0.1) is 0 Å². The number of para-hydroxylation sites is 2. The Morgan fingerprint density at radius 1 is 1.05 bits per heavy atom. The third-order valence-corrected chi connectivity index (χ3v) is 6.94. The third kappa shape index (κ3) is 8.67. The van der Waals surface area contributed by atoms with Gasteiger partial charge in [0.1, 0.15) is 5.75 Å². The van der Waals surface area contributed by atoms with E-state index in [1.807, 2.05) is 0 Å². The molecule has 3 aromatic rings. The number of hydrogen-bond donors (Lipinski definition) is 4. The largest absolute Gasteiger partial charge is 0.506 e. The van der Waals surface area contributed by atoms with Gasteiger partial charge in [0.15, 0.2) is 11.9 Å². The molecule has 11 heteroatoms. The fourth-order valence-corrected chi connectivity index (χ4v) is 5.08. The number of anilines is 3. The summed E-state index contributed by atoms with van der Waals surface area (Å²) in [7, 11) is 1.47. The molecule has 210 valence electrons. The van der Waals surface area contributed by atoms with Crippen molar-refractivity contribution in [2.24, 2.45) is 0 Å². The Morgan fingerprint density at radius 2 is 1.75 bits per heavy atom. The van der Waals surface area contributed by atoms with Crippen LogP contribution in [0.25, 0.3) is 0 Å². The van der Waals surface area contributed by atoms with Crippen LogP contribution in [0.3, 0.4) is 0 Å². The second-order valence-corrected chi connectivity index (χ2v) is 10.5.